The predicted molar refractivity (Wildman–Crippen MR) is 274 cm³/mol. The molecule has 0 heterocycles. The number of ether oxygens (including phenoxy) is 4. The molecule has 0 aromatic heterocycles. The highest BCUT2D eigenvalue weighted by atomic mass is 16.6. The third kappa shape index (κ3) is 27.1. The Kier molecular flexibility index (Phi) is 25.6. The van der Waals surface area contributed by atoms with Crippen molar-refractivity contribution >= 4 is 47.3 Å². The molecule has 71 heavy (non-hydrogen) atoms. The number of esters is 4. The van der Waals surface area contributed by atoms with E-state index < -0.39 is 58.4 Å². The Hall–Kier alpha value is -4.65. The zero-order chi connectivity index (χ0) is 53.7. The molecule has 4 N–H and O–H groups in total. The Balaban J connectivity index is 2.49. The van der Waals surface area contributed by atoms with Gasteiger partial charge in [0.2, 0.25) is 11.8 Å². The van der Waals surface area contributed by atoms with E-state index in [1.54, 1.807) is 65.6 Å². The molecule has 1 aliphatic carbocycles. The van der Waals surface area contributed by atoms with Gasteiger partial charge in [-0.05, 0) is 159 Å². The number of carboxylic acid groups (broad SMARTS) is 1. The monoisotopic (exact) mass is 1000 g/mol. The molecule has 404 valence electrons. The van der Waals surface area contributed by atoms with Gasteiger partial charge >= 0.3 is 29.8 Å². The van der Waals surface area contributed by atoms with Crippen LogP contribution < -0.4 is 16.0 Å². The van der Waals surface area contributed by atoms with Crippen LogP contribution in [0, 0.1) is 0 Å². The third-order valence-corrected chi connectivity index (χ3v) is 11.4. The summed E-state index contributed by atoms with van der Waals surface area (Å²) in [6.45, 7) is 24.2. The van der Waals surface area contributed by atoms with E-state index in [1.165, 1.54) is 0 Å². The average Bonchev–Trinajstić information content (AvgIpc) is 3.21. The maximum atomic E-state index is 13.9. The third-order valence-electron chi connectivity index (χ3n) is 11.4. The fourth-order valence-electron chi connectivity index (χ4n) is 8.59. The standard InChI is InChI=1S/C53H90N6O12/c1-15-57(33-45(62)68-50(2,3)4)41-22-16-17-23-42(41)59(36-48(65)71-53(11,12)13)32-39(58(34-46(63)69-51(5,6)7)35-47(64)70-52(8,9)10)31-37-26-28-38(29-27-37)56-44(61)25-20-24-43(60)55-30-19-18-21-40(54-14)49(66)67/h26-29,39-42,54H,15-25,30-36H2,1-14H3,(H,55,60)(H,56,61)(H,66,67)/t39-,40?,41+,42+/m1/s1. The molecule has 18 nitrogen and oxygen atoms in total. The van der Waals surface area contributed by atoms with Gasteiger partial charge in [0.25, 0.3) is 0 Å². The summed E-state index contributed by atoms with van der Waals surface area (Å²) in [5.41, 5.74) is -1.69. The van der Waals surface area contributed by atoms with E-state index in [0.717, 1.165) is 31.2 Å². The number of hydrogen-bond acceptors (Lipinski definition) is 15. The van der Waals surface area contributed by atoms with Crippen molar-refractivity contribution in [3.8, 4) is 0 Å². The minimum atomic E-state index is -0.909. The number of nitrogens with zero attached hydrogens (tertiary/aromatic N) is 3. The Morgan fingerprint density at radius 2 is 1.08 bits per heavy atom. The van der Waals surface area contributed by atoms with Crippen LogP contribution in [0.25, 0.3) is 0 Å². The summed E-state index contributed by atoms with van der Waals surface area (Å²) in [6, 6.07) is 5.71. The van der Waals surface area contributed by atoms with Gasteiger partial charge in [-0.25, -0.2) is 0 Å². The smallest absolute Gasteiger partial charge is 0.320 e. The lowest BCUT2D eigenvalue weighted by Gasteiger charge is -2.46. The van der Waals surface area contributed by atoms with E-state index in [2.05, 4.69) is 25.8 Å². The number of nitrogens with one attached hydrogen (secondary N) is 3. The van der Waals surface area contributed by atoms with E-state index in [9.17, 15) is 38.7 Å². The summed E-state index contributed by atoms with van der Waals surface area (Å²) in [5.74, 6) is -3.21. The van der Waals surface area contributed by atoms with Crippen molar-refractivity contribution in [1.82, 2.24) is 25.3 Å². The van der Waals surface area contributed by atoms with Crippen molar-refractivity contribution in [2.75, 3.05) is 58.2 Å². The van der Waals surface area contributed by atoms with Crippen LogP contribution in [0.2, 0.25) is 0 Å². The molecule has 0 spiro atoms. The van der Waals surface area contributed by atoms with E-state index in [4.69, 9.17) is 18.9 Å². The topological polar surface area (TPSA) is 222 Å². The van der Waals surface area contributed by atoms with Crippen molar-refractivity contribution < 1.29 is 57.6 Å². The molecule has 1 saturated carbocycles. The lowest BCUT2D eigenvalue weighted by molar-refractivity contribution is -0.163. The van der Waals surface area contributed by atoms with Gasteiger partial charge in [0.15, 0.2) is 0 Å². The van der Waals surface area contributed by atoms with E-state index >= 15 is 0 Å². The maximum Gasteiger partial charge on any atom is 0.320 e. The number of amides is 2. The van der Waals surface area contributed by atoms with Gasteiger partial charge in [-0.3, -0.25) is 48.3 Å². The average molecular weight is 1000 g/mol. The van der Waals surface area contributed by atoms with Gasteiger partial charge in [0.05, 0.1) is 26.2 Å². The number of carbonyl (C=O) groups excluding carboxylic acids is 6. The Labute approximate surface area is 424 Å². The van der Waals surface area contributed by atoms with Gasteiger partial charge in [-0.2, -0.15) is 0 Å². The molecule has 2 amide bonds. The lowest BCUT2D eigenvalue weighted by Crippen LogP contribution is -2.59. The van der Waals surface area contributed by atoms with Gasteiger partial charge in [0.1, 0.15) is 28.4 Å². The molecule has 18 heteroatoms. The normalized spacial score (nSPS) is 16.5. The number of carboxylic acids is 1. The summed E-state index contributed by atoms with van der Waals surface area (Å²) in [7, 11) is 1.60. The molecule has 1 aromatic rings. The highest BCUT2D eigenvalue weighted by Crippen LogP contribution is 2.30. The summed E-state index contributed by atoms with van der Waals surface area (Å²) < 4.78 is 23.3. The first kappa shape index (κ1) is 62.5. The molecule has 4 atom stereocenters. The second kappa shape index (κ2) is 29.2. The largest absolute Gasteiger partial charge is 0.480 e. The SMILES string of the molecule is CCN(CC(=O)OC(C)(C)C)[C@H]1CCCC[C@@H]1N(CC(=O)OC(C)(C)C)C[C@@H](Cc1ccc(NC(=O)CCCC(=O)NCCCCC(NC)C(=O)O)cc1)N(CC(=O)OC(C)(C)C)CC(=O)OC(C)(C)C. The quantitative estimate of drug-likeness (QED) is 0.0413. The lowest BCUT2D eigenvalue weighted by atomic mass is 9.87. The van der Waals surface area contributed by atoms with Crippen molar-refractivity contribution in [1.29, 1.82) is 0 Å². The van der Waals surface area contributed by atoms with Crippen molar-refractivity contribution in [3.63, 3.8) is 0 Å². The molecule has 0 bridgehead atoms. The molecule has 0 radical (unpaired) electrons. The van der Waals surface area contributed by atoms with Crippen LogP contribution in [0.15, 0.2) is 24.3 Å². The molecule has 0 aliphatic heterocycles. The summed E-state index contributed by atoms with van der Waals surface area (Å²) in [5, 5.41) is 17.7. The van der Waals surface area contributed by atoms with Crippen LogP contribution in [0.4, 0.5) is 5.69 Å². The zero-order valence-electron chi connectivity index (χ0n) is 45.6. The van der Waals surface area contributed by atoms with E-state index in [-0.39, 0.29) is 75.4 Å². The van der Waals surface area contributed by atoms with Crippen LogP contribution in [-0.2, 0) is 58.9 Å². The van der Waals surface area contributed by atoms with Crippen molar-refractivity contribution in [3.05, 3.63) is 29.8 Å². The van der Waals surface area contributed by atoms with E-state index in [0.29, 0.717) is 50.9 Å². The van der Waals surface area contributed by atoms with Gasteiger partial charge in [0, 0.05) is 49.7 Å². The van der Waals surface area contributed by atoms with Gasteiger partial charge in [-0.15, -0.1) is 0 Å². The van der Waals surface area contributed by atoms with Crippen molar-refractivity contribution in [2.45, 2.75) is 207 Å². The molecule has 1 aliphatic rings. The first-order valence-corrected chi connectivity index (χ1v) is 25.5. The van der Waals surface area contributed by atoms with Crippen LogP contribution in [0.1, 0.15) is 160 Å². The Morgan fingerprint density at radius 3 is 1.54 bits per heavy atom. The summed E-state index contributed by atoms with van der Waals surface area (Å²) >= 11 is 0. The molecule has 2 rings (SSSR count). The first-order chi connectivity index (χ1) is 32.9. The minimum absolute atomic E-state index is 0.0665. The fraction of sp³-hybridized carbons (Fsp3) is 0.755. The van der Waals surface area contributed by atoms with Crippen molar-refractivity contribution in [2.24, 2.45) is 0 Å². The van der Waals surface area contributed by atoms with Crippen LogP contribution in [0.5, 0.6) is 0 Å². The number of benzene rings is 1. The Morgan fingerprint density at radius 1 is 0.634 bits per heavy atom. The van der Waals surface area contributed by atoms with Crippen LogP contribution in [-0.4, -0.2) is 161 Å². The second-order valence-electron chi connectivity index (χ2n) is 22.6. The number of hydrogen-bond donors (Lipinski definition) is 4. The second-order valence-corrected chi connectivity index (χ2v) is 22.6. The molecular formula is C53H90N6O12. The molecule has 1 aromatic carbocycles. The highest BCUT2D eigenvalue weighted by molar-refractivity contribution is 5.91. The van der Waals surface area contributed by atoms with Crippen LogP contribution in [0.3, 0.4) is 0 Å². The fourth-order valence-corrected chi connectivity index (χ4v) is 8.59. The number of likely N-dealkylation sites (N-methyl/N-ethyl adjacent to an activating group) is 2. The first-order valence-electron chi connectivity index (χ1n) is 25.5. The van der Waals surface area contributed by atoms with Gasteiger partial charge in [-0.1, -0.05) is 31.9 Å². The Bertz CT molecular complexity index is 1830. The number of aliphatic carboxylic acids is 1. The number of carbonyl (C=O) groups is 7. The molecular weight excluding hydrogens is 913 g/mol. The van der Waals surface area contributed by atoms with E-state index in [1.807, 2.05) is 60.6 Å². The summed E-state index contributed by atoms with van der Waals surface area (Å²) in [6.07, 6.45) is 5.96. The maximum absolute atomic E-state index is 13.9. The number of rotatable bonds is 28. The predicted octanol–water partition coefficient (Wildman–Crippen LogP) is 6.27. The summed E-state index contributed by atoms with van der Waals surface area (Å²) in [4.78, 5) is 97.3. The molecule has 1 unspecified atom stereocenters. The number of unbranched alkanes of at least 4 members (excludes halogenated alkanes) is 1. The zero-order valence-corrected chi connectivity index (χ0v) is 45.6. The highest BCUT2D eigenvalue weighted by Gasteiger charge is 2.39. The molecule has 0 saturated heterocycles. The van der Waals surface area contributed by atoms with Gasteiger partial charge < -0.3 is 40.0 Å². The van der Waals surface area contributed by atoms with Crippen LogP contribution >= 0.6 is 0 Å². The molecule has 1 fully saturated rings. The minimum Gasteiger partial charge on any atom is -0.480 e. The number of anilines is 1.